The monoisotopic (exact) mass is 612 g/mol. The van der Waals surface area contributed by atoms with Gasteiger partial charge in [-0.1, -0.05) is 11.6 Å². The van der Waals surface area contributed by atoms with Gasteiger partial charge in [0.2, 0.25) is 10.0 Å². The van der Waals surface area contributed by atoms with Crippen LogP contribution in [0, 0.1) is 0 Å². The van der Waals surface area contributed by atoms with Crippen LogP contribution in [0.25, 0.3) is 0 Å². The van der Waals surface area contributed by atoms with Crippen LogP contribution in [0.2, 0.25) is 5.02 Å². The van der Waals surface area contributed by atoms with E-state index in [-0.39, 0.29) is 24.2 Å². The average Bonchev–Trinajstić information content (AvgIpc) is 3.24. The summed E-state index contributed by atoms with van der Waals surface area (Å²) in [4.78, 5) is 21.1. The number of benzene rings is 1. The predicted molar refractivity (Wildman–Crippen MR) is 145 cm³/mol. The van der Waals surface area contributed by atoms with Gasteiger partial charge in [-0.25, -0.2) is 8.42 Å². The van der Waals surface area contributed by atoms with Gasteiger partial charge in [-0.05, 0) is 44.2 Å². The van der Waals surface area contributed by atoms with Gasteiger partial charge < -0.3 is 10.0 Å². The van der Waals surface area contributed by atoms with E-state index in [1.807, 2.05) is 11.8 Å². The van der Waals surface area contributed by atoms with Gasteiger partial charge in [-0.2, -0.15) is 18.3 Å². The first-order valence-electron chi connectivity index (χ1n) is 12.8. The van der Waals surface area contributed by atoms with E-state index < -0.39 is 38.9 Å². The van der Waals surface area contributed by atoms with Crippen molar-refractivity contribution in [3.63, 3.8) is 0 Å². The van der Waals surface area contributed by atoms with Crippen molar-refractivity contribution < 1.29 is 31.5 Å². The fourth-order valence-corrected chi connectivity index (χ4v) is 6.15. The highest BCUT2D eigenvalue weighted by atomic mass is 35.5. The Morgan fingerprint density at radius 3 is 2.59 bits per heavy atom. The third-order valence-corrected chi connectivity index (χ3v) is 8.39. The number of aliphatic hydroxyl groups excluding tert-OH is 1. The first-order chi connectivity index (χ1) is 19.1. The van der Waals surface area contributed by atoms with Gasteiger partial charge in [-0.15, -0.1) is 0 Å². The fourth-order valence-electron chi connectivity index (χ4n) is 5.38. The molecule has 2 N–H and O–H groups in total. The lowest BCUT2D eigenvalue weighted by Gasteiger charge is -2.38. The van der Waals surface area contributed by atoms with Crippen LogP contribution < -0.4 is 4.72 Å². The molecule has 2 unspecified atom stereocenters. The molecule has 0 radical (unpaired) electrons. The maximum absolute atomic E-state index is 13.4. The van der Waals surface area contributed by atoms with Crippen LogP contribution in [0.3, 0.4) is 0 Å². The van der Waals surface area contributed by atoms with Crippen LogP contribution in [-0.2, 0) is 35.7 Å². The highest BCUT2D eigenvalue weighted by molar-refractivity contribution is 7.92. The van der Waals surface area contributed by atoms with E-state index in [0.717, 1.165) is 24.1 Å². The number of aromatic nitrogens is 3. The first-order valence-corrected chi connectivity index (χ1v) is 15.0. The first kappa shape index (κ1) is 29.3. The Labute approximate surface area is 239 Å². The van der Waals surface area contributed by atoms with Crippen molar-refractivity contribution in [3.8, 4) is 0 Å². The summed E-state index contributed by atoms with van der Waals surface area (Å²) in [5, 5.41) is 15.7. The van der Waals surface area contributed by atoms with Crippen molar-refractivity contribution >= 4 is 33.2 Å². The molecule has 0 fully saturated rings. The van der Waals surface area contributed by atoms with Crippen LogP contribution in [-0.4, -0.2) is 62.8 Å². The van der Waals surface area contributed by atoms with Gasteiger partial charge in [0.15, 0.2) is 6.23 Å². The van der Waals surface area contributed by atoms with E-state index in [0.29, 0.717) is 42.1 Å². The summed E-state index contributed by atoms with van der Waals surface area (Å²) in [6.45, 7) is 4.65. The summed E-state index contributed by atoms with van der Waals surface area (Å²) < 4.78 is 67.3. The quantitative estimate of drug-likeness (QED) is 0.447. The number of pyridine rings is 1. The normalized spacial score (nSPS) is 20.3. The molecule has 15 heteroatoms. The Kier molecular flexibility index (Phi) is 7.55. The number of nitrogens with zero attached hydrogens (tertiary/aromatic N) is 5. The lowest BCUT2D eigenvalue weighted by atomic mass is 9.96. The van der Waals surface area contributed by atoms with Gasteiger partial charge >= 0.3 is 6.18 Å². The number of aliphatic hydroxyl groups is 1. The van der Waals surface area contributed by atoms with Crippen molar-refractivity contribution in [2.45, 2.75) is 57.8 Å². The van der Waals surface area contributed by atoms with Crippen molar-refractivity contribution in [1.29, 1.82) is 0 Å². The number of fused-ring (bicyclic) bond motifs is 3. The van der Waals surface area contributed by atoms with Crippen LogP contribution in [0.1, 0.15) is 64.7 Å². The maximum Gasteiger partial charge on any atom is 0.417 e. The third kappa shape index (κ3) is 5.78. The van der Waals surface area contributed by atoms with E-state index in [1.165, 1.54) is 17.2 Å². The molecule has 2 aliphatic rings. The number of anilines is 1. The number of halogens is 4. The zero-order valence-corrected chi connectivity index (χ0v) is 23.9. The molecule has 0 aliphatic carbocycles. The predicted octanol–water partition coefficient (Wildman–Crippen LogP) is 3.98. The van der Waals surface area contributed by atoms with Crippen LogP contribution >= 0.6 is 11.6 Å². The minimum atomic E-state index is -4.71. The van der Waals surface area contributed by atoms with Crippen LogP contribution in [0.5, 0.6) is 0 Å². The number of amides is 1. The molecule has 5 rings (SSSR count). The summed E-state index contributed by atoms with van der Waals surface area (Å²) in [5.41, 5.74) is 1.62. The topological polar surface area (TPSA) is 121 Å². The number of carbonyl (C=O) groups excluding carboxylic acids is 1. The molecule has 3 atom stereocenters. The fraction of sp³-hybridized carbons (Fsp3) is 0.423. The van der Waals surface area contributed by atoms with Gasteiger partial charge in [-0.3, -0.25) is 24.1 Å². The molecule has 0 saturated carbocycles. The van der Waals surface area contributed by atoms with E-state index in [9.17, 15) is 31.5 Å². The maximum atomic E-state index is 13.4. The molecule has 0 spiro atoms. The highest BCUT2D eigenvalue weighted by Gasteiger charge is 2.40. The second-order valence-electron chi connectivity index (χ2n) is 10.3. The number of hydrogen-bond donors (Lipinski definition) is 2. The van der Waals surface area contributed by atoms with E-state index in [4.69, 9.17) is 11.6 Å². The van der Waals surface area contributed by atoms with Crippen molar-refractivity contribution in [3.05, 3.63) is 75.3 Å². The van der Waals surface area contributed by atoms with E-state index in [2.05, 4.69) is 14.8 Å². The van der Waals surface area contributed by atoms with Gasteiger partial charge in [0.05, 0.1) is 64.9 Å². The van der Waals surface area contributed by atoms with Gasteiger partial charge in [0.1, 0.15) is 0 Å². The third-order valence-electron chi connectivity index (χ3n) is 7.45. The molecule has 2 aliphatic heterocycles. The number of carbonyl (C=O) groups is 1. The molecular weight excluding hydrogens is 585 g/mol. The summed E-state index contributed by atoms with van der Waals surface area (Å²) in [6, 6.07) is 5.68. The van der Waals surface area contributed by atoms with Crippen LogP contribution in [0.4, 0.5) is 18.9 Å². The van der Waals surface area contributed by atoms with Crippen molar-refractivity contribution in [1.82, 2.24) is 24.6 Å². The summed E-state index contributed by atoms with van der Waals surface area (Å²) in [5.74, 6) is -0.576. The lowest BCUT2D eigenvalue weighted by molar-refractivity contribution is -0.137. The smallest absolute Gasteiger partial charge is 0.372 e. The van der Waals surface area contributed by atoms with E-state index >= 15 is 0 Å². The summed E-state index contributed by atoms with van der Waals surface area (Å²) >= 11 is 5.74. The van der Waals surface area contributed by atoms with Crippen molar-refractivity contribution in [2.24, 2.45) is 0 Å². The minimum Gasteiger partial charge on any atom is -0.372 e. The minimum absolute atomic E-state index is 0.0675. The molecule has 4 heterocycles. The standard InChI is InChI=1S/C26H28ClF3N6O4S/c1-14-10-22-18(13-35(14)24(37)16-4-6-20(27)19(11-16)26(28,29)30)23-25(38)34(8-9-36(23)32-22)15(2)21-7-5-17(12-31-21)33-41(3,39)40/h4-7,11-12,14-15,25,33,38H,8-10,13H2,1-3H3/t14-,15?,25?/m1/s1. The Balaban J connectivity index is 1.40. The molecule has 41 heavy (non-hydrogen) atoms. The zero-order valence-electron chi connectivity index (χ0n) is 22.4. The number of nitrogens with one attached hydrogen (secondary N) is 1. The Hall–Kier alpha value is -3.20. The number of hydrogen-bond acceptors (Lipinski definition) is 7. The number of sulfonamides is 1. The molecule has 2 aromatic heterocycles. The highest BCUT2D eigenvalue weighted by Crippen LogP contribution is 2.38. The van der Waals surface area contributed by atoms with E-state index in [1.54, 1.807) is 23.7 Å². The number of rotatable bonds is 5. The molecule has 0 bridgehead atoms. The zero-order chi connectivity index (χ0) is 29.9. The SMILES string of the molecule is CC(c1ccc(NS(C)(=O)=O)cn1)N1CCn2nc3c(c2C1O)CN(C(=O)c1ccc(Cl)c(C(F)(F)F)c1)[C@H](C)C3. The van der Waals surface area contributed by atoms with Gasteiger partial charge in [0, 0.05) is 30.1 Å². The molecule has 1 aromatic carbocycles. The Morgan fingerprint density at radius 2 is 1.95 bits per heavy atom. The average molecular weight is 613 g/mol. The molecule has 220 valence electrons. The molecule has 3 aromatic rings. The second kappa shape index (κ2) is 10.6. The second-order valence-corrected chi connectivity index (χ2v) is 12.5. The largest absolute Gasteiger partial charge is 0.417 e. The Morgan fingerprint density at radius 1 is 1.22 bits per heavy atom. The molecule has 0 saturated heterocycles. The summed E-state index contributed by atoms with van der Waals surface area (Å²) in [6.07, 6.45) is -2.98. The molecular formula is C26H28ClF3N6O4S. The van der Waals surface area contributed by atoms with Gasteiger partial charge in [0.25, 0.3) is 5.91 Å². The summed E-state index contributed by atoms with van der Waals surface area (Å²) in [7, 11) is -3.45. The lowest BCUT2D eigenvalue weighted by Crippen LogP contribution is -2.44. The van der Waals surface area contributed by atoms with Crippen molar-refractivity contribution in [2.75, 3.05) is 17.5 Å². The number of alkyl halides is 3. The molecule has 10 nitrogen and oxygen atoms in total. The Bertz CT molecular complexity index is 1600. The molecule has 1 amide bonds. The van der Waals surface area contributed by atoms with Crippen LogP contribution in [0.15, 0.2) is 36.5 Å².